The first-order chi connectivity index (χ1) is 8.65. The van der Waals surface area contributed by atoms with Crippen LogP contribution in [0.2, 0.25) is 0 Å². The third-order valence-electron chi connectivity index (χ3n) is 2.78. The molecule has 0 fully saturated rings. The van der Waals surface area contributed by atoms with Crippen LogP contribution in [0.3, 0.4) is 0 Å². The summed E-state index contributed by atoms with van der Waals surface area (Å²) in [6.07, 6.45) is 0.962. The largest absolute Gasteiger partial charge is 0.461 e. The van der Waals surface area contributed by atoms with E-state index in [4.69, 9.17) is 4.74 Å². The number of hydrogen-bond acceptors (Lipinski definition) is 3. The Labute approximate surface area is 110 Å². The van der Waals surface area contributed by atoms with E-state index in [0.29, 0.717) is 6.61 Å². The van der Waals surface area contributed by atoms with Crippen molar-refractivity contribution in [2.75, 3.05) is 13.1 Å². The van der Waals surface area contributed by atoms with E-state index >= 15 is 0 Å². The van der Waals surface area contributed by atoms with Gasteiger partial charge in [0, 0.05) is 0 Å². The van der Waals surface area contributed by atoms with Crippen molar-refractivity contribution in [1.29, 1.82) is 0 Å². The van der Waals surface area contributed by atoms with E-state index < -0.39 is 0 Å². The molecule has 0 aliphatic carbocycles. The van der Waals surface area contributed by atoms with E-state index in [1.165, 1.54) is 5.56 Å². The topological polar surface area (TPSA) is 38.3 Å². The number of carbonyl (C=O) groups excluding carboxylic acids is 1. The fourth-order valence-corrected chi connectivity index (χ4v) is 1.66. The number of likely N-dealkylation sites (N-methyl/N-ethyl adjacent to an activating group) is 1. The van der Waals surface area contributed by atoms with E-state index in [1.54, 1.807) is 0 Å². The summed E-state index contributed by atoms with van der Waals surface area (Å²) < 4.78 is 5.28. The van der Waals surface area contributed by atoms with Crippen LogP contribution >= 0.6 is 0 Å². The molecule has 0 aromatic heterocycles. The van der Waals surface area contributed by atoms with E-state index in [2.05, 4.69) is 18.3 Å². The van der Waals surface area contributed by atoms with Crippen LogP contribution in [0.15, 0.2) is 24.3 Å². The molecule has 0 unspecified atom stereocenters. The second kappa shape index (κ2) is 7.88. The van der Waals surface area contributed by atoms with Gasteiger partial charge in [-0.15, -0.1) is 0 Å². The van der Waals surface area contributed by atoms with Crippen LogP contribution in [-0.4, -0.2) is 19.1 Å². The predicted octanol–water partition coefficient (Wildman–Crippen LogP) is 2.54. The average Bonchev–Trinajstić information content (AvgIpc) is 2.37. The van der Waals surface area contributed by atoms with E-state index in [0.717, 1.165) is 25.1 Å². The van der Waals surface area contributed by atoms with Crippen molar-refractivity contribution in [2.24, 2.45) is 5.92 Å². The predicted molar refractivity (Wildman–Crippen MR) is 73.3 cm³/mol. The molecule has 3 nitrogen and oxygen atoms in total. The van der Waals surface area contributed by atoms with Crippen LogP contribution in [0.1, 0.15) is 31.9 Å². The Hall–Kier alpha value is -1.35. The highest BCUT2D eigenvalue weighted by atomic mass is 16.5. The molecule has 0 radical (unpaired) electrons. The number of hydrogen-bond donors (Lipinski definition) is 1. The van der Waals surface area contributed by atoms with Crippen molar-refractivity contribution in [2.45, 2.75) is 33.8 Å². The van der Waals surface area contributed by atoms with Crippen molar-refractivity contribution in [3.05, 3.63) is 35.4 Å². The fourth-order valence-electron chi connectivity index (χ4n) is 1.66. The lowest BCUT2D eigenvalue weighted by atomic mass is 10.1. The molecule has 1 aromatic carbocycles. The molecular formula is C15H23NO2. The number of nitrogens with one attached hydrogen (secondary N) is 1. The SMILES string of the molecule is CCNCCc1ccccc1COC(=O)C(C)C. The zero-order valence-electron chi connectivity index (χ0n) is 11.5. The summed E-state index contributed by atoms with van der Waals surface area (Å²) in [6.45, 7) is 8.09. The smallest absolute Gasteiger partial charge is 0.308 e. The second-order valence-electron chi connectivity index (χ2n) is 4.63. The molecule has 1 rings (SSSR count). The van der Waals surface area contributed by atoms with Crippen molar-refractivity contribution >= 4 is 5.97 Å². The van der Waals surface area contributed by atoms with Crippen molar-refractivity contribution in [1.82, 2.24) is 5.32 Å². The summed E-state index contributed by atoms with van der Waals surface area (Å²) in [5.41, 5.74) is 2.35. The average molecular weight is 249 g/mol. The van der Waals surface area contributed by atoms with Gasteiger partial charge in [0.15, 0.2) is 0 Å². The number of ether oxygens (including phenoxy) is 1. The molecule has 0 aliphatic rings. The van der Waals surface area contributed by atoms with E-state index in [9.17, 15) is 4.79 Å². The van der Waals surface area contributed by atoms with Crippen LogP contribution in [0.25, 0.3) is 0 Å². The van der Waals surface area contributed by atoms with Gasteiger partial charge < -0.3 is 10.1 Å². The molecule has 1 N–H and O–H groups in total. The quantitative estimate of drug-likeness (QED) is 0.596. The molecule has 1 aromatic rings. The Bertz CT molecular complexity index is 375. The van der Waals surface area contributed by atoms with Gasteiger partial charge in [0.05, 0.1) is 5.92 Å². The van der Waals surface area contributed by atoms with Gasteiger partial charge in [-0.3, -0.25) is 4.79 Å². The van der Waals surface area contributed by atoms with Crippen LogP contribution < -0.4 is 5.32 Å². The first kappa shape index (κ1) is 14.7. The normalized spacial score (nSPS) is 10.7. The van der Waals surface area contributed by atoms with Gasteiger partial charge in [0.25, 0.3) is 0 Å². The van der Waals surface area contributed by atoms with Crippen LogP contribution in [0.4, 0.5) is 0 Å². The monoisotopic (exact) mass is 249 g/mol. The third kappa shape index (κ3) is 4.88. The number of benzene rings is 1. The van der Waals surface area contributed by atoms with Gasteiger partial charge in [-0.1, -0.05) is 45.0 Å². The van der Waals surface area contributed by atoms with Gasteiger partial charge in [0.2, 0.25) is 0 Å². The minimum absolute atomic E-state index is 0.0704. The highest BCUT2D eigenvalue weighted by Crippen LogP contribution is 2.11. The molecule has 0 spiro atoms. The summed E-state index contributed by atoms with van der Waals surface area (Å²) in [5.74, 6) is -0.213. The van der Waals surface area contributed by atoms with E-state index in [-0.39, 0.29) is 11.9 Å². The van der Waals surface area contributed by atoms with Gasteiger partial charge in [-0.05, 0) is 30.6 Å². The summed E-state index contributed by atoms with van der Waals surface area (Å²) >= 11 is 0. The first-order valence-corrected chi connectivity index (χ1v) is 6.59. The third-order valence-corrected chi connectivity index (χ3v) is 2.78. The standard InChI is InChI=1S/C15H23NO2/c1-4-16-10-9-13-7-5-6-8-14(13)11-18-15(17)12(2)3/h5-8,12,16H,4,9-11H2,1-3H3. The molecule has 0 amide bonds. The van der Waals surface area contributed by atoms with Crippen LogP contribution in [0, 0.1) is 5.92 Å². The maximum atomic E-state index is 11.5. The summed E-state index contributed by atoms with van der Waals surface area (Å²) in [5, 5.41) is 3.30. The lowest BCUT2D eigenvalue weighted by Crippen LogP contribution is -2.17. The number of esters is 1. The molecule has 100 valence electrons. The molecular weight excluding hydrogens is 226 g/mol. The Morgan fingerprint density at radius 1 is 1.28 bits per heavy atom. The van der Waals surface area contributed by atoms with Crippen LogP contribution in [-0.2, 0) is 22.6 Å². The summed E-state index contributed by atoms with van der Waals surface area (Å²) in [6, 6.07) is 8.12. The van der Waals surface area contributed by atoms with Crippen molar-refractivity contribution in [3.8, 4) is 0 Å². The van der Waals surface area contributed by atoms with E-state index in [1.807, 2.05) is 32.0 Å². The molecule has 0 saturated heterocycles. The van der Waals surface area contributed by atoms with Crippen molar-refractivity contribution < 1.29 is 9.53 Å². The molecule has 0 atom stereocenters. The first-order valence-electron chi connectivity index (χ1n) is 6.59. The Kier molecular flexibility index (Phi) is 6.44. The Balaban J connectivity index is 2.56. The fraction of sp³-hybridized carbons (Fsp3) is 0.533. The Morgan fingerprint density at radius 3 is 2.56 bits per heavy atom. The lowest BCUT2D eigenvalue weighted by molar-refractivity contribution is -0.148. The zero-order valence-corrected chi connectivity index (χ0v) is 11.5. The molecule has 0 bridgehead atoms. The summed E-state index contributed by atoms with van der Waals surface area (Å²) in [4.78, 5) is 11.5. The second-order valence-corrected chi connectivity index (χ2v) is 4.63. The lowest BCUT2D eigenvalue weighted by Gasteiger charge is -2.11. The molecule has 18 heavy (non-hydrogen) atoms. The van der Waals surface area contributed by atoms with Gasteiger partial charge in [0.1, 0.15) is 6.61 Å². The van der Waals surface area contributed by atoms with Crippen LogP contribution in [0.5, 0.6) is 0 Å². The number of carbonyl (C=O) groups is 1. The molecule has 0 aliphatic heterocycles. The maximum absolute atomic E-state index is 11.5. The Morgan fingerprint density at radius 2 is 1.94 bits per heavy atom. The van der Waals surface area contributed by atoms with Gasteiger partial charge in [-0.25, -0.2) is 0 Å². The van der Waals surface area contributed by atoms with Gasteiger partial charge >= 0.3 is 5.97 Å². The highest BCUT2D eigenvalue weighted by Gasteiger charge is 2.09. The minimum atomic E-state index is -0.142. The van der Waals surface area contributed by atoms with Crippen molar-refractivity contribution in [3.63, 3.8) is 0 Å². The summed E-state index contributed by atoms with van der Waals surface area (Å²) in [7, 11) is 0. The maximum Gasteiger partial charge on any atom is 0.308 e. The zero-order chi connectivity index (χ0) is 13.4. The highest BCUT2D eigenvalue weighted by molar-refractivity contribution is 5.71. The minimum Gasteiger partial charge on any atom is -0.461 e. The van der Waals surface area contributed by atoms with Gasteiger partial charge in [-0.2, -0.15) is 0 Å². The number of rotatable bonds is 7. The molecule has 0 saturated carbocycles. The molecule has 0 heterocycles. The molecule has 3 heteroatoms.